The summed E-state index contributed by atoms with van der Waals surface area (Å²) in [7, 11) is 0. The maximum Gasteiger partial charge on any atom is 0.242 e. The smallest absolute Gasteiger partial charge is 0.242 e. The molecule has 0 aromatic rings. The van der Waals surface area contributed by atoms with Gasteiger partial charge in [-0.1, -0.05) is 13.8 Å². The van der Waals surface area contributed by atoms with Crippen LogP contribution in [0.25, 0.3) is 0 Å². The highest BCUT2D eigenvalue weighted by atomic mass is 16.3. The predicted octanol–water partition coefficient (Wildman–Crippen LogP) is 0.487. The van der Waals surface area contributed by atoms with E-state index in [4.69, 9.17) is 10.8 Å². The van der Waals surface area contributed by atoms with E-state index in [1.807, 2.05) is 0 Å². The Morgan fingerprint density at radius 3 is 2.33 bits per heavy atom. The van der Waals surface area contributed by atoms with E-state index in [0.717, 1.165) is 25.7 Å². The van der Waals surface area contributed by atoms with Gasteiger partial charge in [0.2, 0.25) is 5.91 Å². The lowest BCUT2D eigenvalue weighted by molar-refractivity contribution is -0.136. The molecule has 0 aliphatic heterocycles. The van der Waals surface area contributed by atoms with Gasteiger partial charge in [-0.05, 0) is 25.7 Å². The second kappa shape index (κ2) is 4.94. The first-order valence-corrected chi connectivity index (χ1v) is 5.79. The molecule has 0 unspecified atom stereocenters. The Kier molecular flexibility index (Phi) is 4.11. The van der Waals surface area contributed by atoms with Crippen LogP contribution < -0.4 is 5.73 Å². The van der Waals surface area contributed by atoms with E-state index in [1.165, 1.54) is 0 Å². The zero-order valence-electron chi connectivity index (χ0n) is 9.70. The number of nitrogens with zero attached hydrogens (tertiary/aromatic N) is 1. The average molecular weight is 214 g/mol. The third-order valence-corrected chi connectivity index (χ3v) is 3.20. The second-order valence-electron chi connectivity index (χ2n) is 4.35. The summed E-state index contributed by atoms with van der Waals surface area (Å²) in [4.78, 5) is 13.8. The summed E-state index contributed by atoms with van der Waals surface area (Å²) in [6.45, 7) is 4.53. The van der Waals surface area contributed by atoms with E-state index in [1.54, 1.807) is 4.90 Å². The van der Waals surface area contributed by atoms with Gasteiger partial charge in [-0.25, -0.2) is 0 Å². The molecule has 1 aliphatic rings. The van der Waals surface area contributed by atoms with Crippen molar-refractivity contribution in [2.75, 3.05) is 13.2 Å². The Hall–Kier alpha value is -0.610. The summed E-state index contributed by atoms with van der Waals surface area (Å²) in [5.41, 5.74) is 5.28. The van der Waals surface area contributed by atoms with Crippen LogP contribution in [-0.4, -0.2) is 40.6 Å². The number of hydrogen-bond donors (Lipinski definition) is 2. The van der Waals surface area contributed by atoms with Crippen LogP contribution in [-0.2, 0) is 4.79 Å². The van der Waals surface area contributed by atoms with Crippen LogP contribution in [0.15, 0.2) is 0 Å². The third-order valence-electron chi connectivity index (χ3n) is 3.20. The number of carbonyl (C=O) groups is 1. The molecule has 0 bridgehead atoms. The number of aliphatic hydroxyl groups is 1. The van der Waals surface area contributed by atoms with Gasteiger partial charge in [0.1, 0.15) is 0 Å². The molecular formula is C11H22N2O2. The minimum absolute atomic E-state index is 0.0122. The van der Waals surface area contributed by atoms with Gasteiger partial charge in [0.15, 0.2) is 0 Å². The van der Waals surface area contributed by atoms with Gasteiger partial charge in [0.05, 0.1) is 12.1 Å². The first kappa shape index (κ1) is 12.5. The van der Waals surface area contributed by atoms with Crippen molar-refractivity contribution in [3.63, 3.8) is 0 Å². The molecule has 1 aliphatic carbocycles. The maximum absolute atomic E-state index is 12.1. The highest BCUT2D eigenvalue weighted by Crippen LogP contribution is 2.35. The lowest BCUT2D eigenvalue weighted by Gasteiger charge is -2.32. The first-order valence-electron chi connectivity index (χ1n) is 5.79. The maximum atomic E-state index is 12.1. The summed E-state index contributed by atoms with van der Waals surface area (Å²) in [5.74, 6) is 0.0188. The fourth-order valence-electron chi connectivity index (χ4n) is 1.92. The van der Waals surface area contributed by atoms with Crippen LogP contribution >= 0.6 is 0 Å². The molecule has 0 aromatic carbocycles. The van der Waals surface area contributed by atoms with Crippen molar-refractivity contribution in [3.8, 4) is 0 Å². The van der Waals surface area contributed by atoms with Crippen LogP contribution in [0, 0.1) is 0 Å². The lowest BCUT2D eigenvalue weighted by Crippen LogP contribution is -2.51. The Labute approximate surface area is 91.4 Å². The monoisotopic (exact) mass is 214 g/mol. The van der Waals surface area contributed by atoms with Gasteiger partial charge in [0.25, 0.3) is 0 Å². The normalized spacial score (nSPS) is 17.9. The summed E-state index contributed by atoms with van der Waals surface area (Å²) in [5, 5.41) is 8.98. The quantitative estimate of drug-likeness (QED) is 0.676. The van der Waals surface area contributed by atoms with E-state index < -0.39 is 5.54 Å². The molecule has 88 valence electrons. The van der Waals surface area contributed by atoms with Crippen molar-refractivity contribution in [3.05, 3.63) is 0 Å². The second-order valence-corrected chi connectivity index (χ2v) is 4.35. The molecule has 0 atom stereocenters. The highest BCUT2D eigenvalue weighted by Gasteiger charge is 2.48. The van der Waals surface area contributed by atoms with Crippen molar-refractivity contribution < 1.29 is 9.90 Å². The zero-order valence-corrected chi connectivity index (χ0v) is 9.70. The molecule has 0 heterocycles. The fourth-order valence-corrected chi connectivity index (χ4v) is 1.92. The van der Waals surface area contributed by atoms with Crippen LogP contribution in [0.4, 0.5) is 0 Å². The van der Waals surface area contributed by atoms with Gasteiger partial charge < -0.3 is 15.7 Å². The van der Waals surface area contributed by atoms with Crippen molar-refractivity contribution in [2.45, 2.75) is 51.1 Å². The van der Waals surface area contributed by atoms with Gasteiger partial charge in [-0.3, -0.25) is 4.79 Å². The number of hydrogen-bond acceptors (Lipinski definition) is 3. The molecule has 0 spiro atoms. The molecule has 0 aromatic heterocycles. The van der Waals surface area contributed by atoms with Crippen LogP contribution in [0.5, 0.6) is 0 Å². The van der Waals surface area contributed by atoms with E-state index in [9.17, 15) is 4.79 Å². The van der Waals surface area contributed by atoms with Crippen molar-refractivity contribution in [1.29, 1.82) is 0 Å². The molecule has 4 nitrogen and oxygen atoms in total. The number of amides is 1. The molecule has 1 amide bonds. The van der Waals surface area contributed by atoms with Gasteiger partial charge in [0, 0.05) is 12.6 Å². The summed E-state index contributed by atoms with van der Waals surface area (Å²) in [6.07, 6.45) is 3.40. The van der Waals surface area contributed by atoms with E-state index in [0.29, 0.717) is 6.54 Å². The Morgan fingerprint density at radius 1 is 1.47 bits per heavy atom. The summed E-state index contributed by atoms with van der Waals surface area (Å²) in [6, 6.07) is 0.214. The molecule has 1 fully saturated rings. The molecule has 15 heavy (non-hydrogen) atoms. The first-order chi connectivity index (χ1) is 7.09. The number of nitrogens with two attached hydrogens (primary N) is 1. The van der Waals surface area contributed by atoms with Crippen molar-refractivity contribution in [1.82, 2.24) is 4.90 Å². The SMILES string of the molecule is CCC(CC)N(CCO)C(=O)C1(N)CC1. The van der Waals surface area contributed by atoms with Crippen LogP contribution in [0.1, 0.15) is 39.5 Å². The number of aliphatic hydroxyl groups excluding tert-OH is 1. The standard InChI is InChI=1S/C11H22N2O2/c1-3-9(4-2)13(7-8-14)10(15)11(12)5-6-11/h9,14H,3-8,12H2,1-2H3. The number of rotatable bonds is 6. The largest absolute Gasteiger partial charge is 0.395 e. The lowest BCUT2D eigenvalue weighted by atomic mass is 10.1. The van der Waals surface area contributed by atoms with E-state index >= 15 is 0 Å². The minimum atomic E-state index is -0.613. The van der Waals surface area contributed by atoms with Crippen molar-refractivity contribution in [2.24, 2.45) is 5.73 Å². The van der Waals surface area contributed by atoms with Crippen molar-refractivity contribution >= 4 is 5.91 Å². The van der Waals surface area contributed by atoms with Gasteiger partial charge in [-0.2, -0.15) is 0 Å². The topological polar surface area (TPSA) is 66.6 Å². The predicted molar refractivity (Wildman–Crippen MR) is 59.3 cm³/mol. The molecule has 4 heteroatoms. The van der Waals surface area contributed by atoms with Gasteiger partial charge in [-0.15, -0.1) is 0 Å². The molecular weight excluding hydrogens is 192 g/mol. The van der Waals surface area contributed by atoms with Crippen LogP contribution in [0.2, 0.25) is 0 Å². The Morgan fingerprint density at radius 2 is 2.00 bits per heavy atom. The summed E-state index contributed by atoms with van der Waals surface area (Å²) >= 11 is 0. The molecule has 3 N–H and O–H groups in total. The fraction of sp³-hybridized carbons (Fsp3) is 0.909. The molecule has 0 radical (unpaired) electrons. The number of carbonyl (C=O) groups excluding carboxylic acids is 1. The average Bonchev–Trinajstić information content (AvgIpc) is 2.97. The Bertz CT molecular complexity index is 223. The molecule has 0 saturated heterocycles. The molecule has 1 rings (SSSR count). The van der Waals surface area contributed by atoms with E-state index in [-0.39, 0.29) is 18.6 Å². The molecule has 1 saturated carbocycles. The third kappa shape index (κ3) is 2.69. The Balaban J connectivity index is 2.67. The van der Waals surface area contributed by atoms with Gasteiger partial charge >= 0.3 is 0 Å². The minimum Gasteiger partial charge on any atom is -0.395 e. The highest BCUT2D eigenvalue weighted by molar-refractivity contribution is 5.89. The van der Waals surface area contributed by atoms with Crippen LogP contribution in [0.3, 0.4) is 0 Å². The summed E-state index contributed by atoms with van der Waals surface area (Å²) < 4.78 is 0. The zero-order chi connectivity index (χ0) is 11.5. The van der Waals surface area contributed by atoms with E-state index in [2.05, 4.69) is 13.8 Å².